The summed E-state index contributed by atoms with van der Waals surface area (Å²) in [5, 5.41) is 7.59. The van der Waals surface area contributed by atoms with E-state index in [1.54, 1.807) is 0 Å². The molecule has 0 aliphatic heterocycles. The molecule has 1 aliphatic carbocycles. The Kier molecular flexibility index (Phi) is 4.33. The van der Waals surface area contributed by atoms with Crippen LogP contribution in [-0.2, 0) is 16.4 Å². The minimum atomic E-state index is -4.30. The maximum absolute atomic E-state index is 13.7. The van der Waals surface area contributed by atoms with Crippen molar-refractivity contribution in [1.82, 2.24) is 5.32 Å². The van der Waals surface area contributed by atoms with Crippen molar-refractivity contribution in [2.45, 2.75) is 23.8 Å². The maximum atomic E-state index is 13.7. The number of nitrogens with two attached hydrogens (primary N) is 1. The molecule has 0 saturated carbocycles. The summed E-state index contributed by atoms with van der Waals surface area (Å²) in [6.07, 6.45) is 1.56. The minimum Gasteiger partial charge on any atom is -0.345 e. The largest absolute Gasteiger partial charge is 0.345 e. The predicted molar refractivity (Wildman–Crippen MR) is 87.8 cm³/mol. The molecule has 1 amide bonds. The lowest BCUT2D eigenvalue weighted by Crippen LogP contribution is -2.28. The summed E-state index contributed by atoms with van der Waals surface area (Å²) in [6, 6.07) is 9.17. The fourth-order valence-electron chi connectivity index (χ4n) is 2.86. The summed E-state index contributed by atoms with van der Waals surface area (Å²) in [5.74, 6) is -1.67. The van der Waals surface area contributed by atoms with Gasteiger partial charge < -0.3 is 5.32 Å². The molecule has 0 saturated heterocycles. The van der Waals surface area contributed by atoms with Crippen LogP contribution in [-0.4, -0.2) is 14.3 Å². The molecule has 1 aliphatic rings. The molecule has 24 heavy (non-hydrogen) atoms. The Morgan fingerprint density at radius 1 is 1.29 bits per heavy atom. The number of primary sulfonamides is 1. The zero-order valence-electron chi connectivity index (χ0n) is 12.4. The standard InChI is InChI=1S/C16H14ClFN2O3S/c17-12-8-13(18)15(24(19,22)23)7-11(12)16(21)20-14-6-5-9-3-1-2-4-10(9)14/h1-4,7-8,14H,5-6H2,(H,20,21)(H2,19,22,23). The summed E-state index contributed by atoms with van der Waals surface area (Å²) in [7, 11) is -4.30. The smallest absolute Gasteiger partial charge is 0.253 e. The van der Waals surface area contributed by atoms with Gasteiger partial charge in [0.15, 0.2) is 0 Å². The van der Waals surface area contributed by atoms with Crippen LogP contribution in [0, 0.1) is 5.82 Å². The lowest BCUT2D eigenvalue weighted by atomic mass is 10.1. The SMILES string of the molecule is NS(=O)(=O)c1cc(C(=O)NC2CCc3ccccc32)c(Cl)cc1F. The van der Waals surface area contributed by atoms with Crippen molar-refractivity contribution in [2.75, 3.05) is 0 Å². The van der Waals surface area contributed by atoms with Gasteiger partial charge in [-0.2, -0.15) is 0 Å². The molecule has 2 aromatic rings. The molecule has 5 nitrogen and oxygen atoms in total. The van der Waals surface area contributed by atoms with Crippen molar-refractivity contribution in [3.05, 3.63) is 63.9 Å². The Balaban J connectivity index is 1.92. The fourth-order valence-corrected chi connectivity index (χ4v) is 3.71. The normalized spacial score (nSPS) is 16.7. The van der Waals surface area contributed by atoms with Gasteiger partial charge >= 0.3 is 0 Å². The van der Waals surface area contributed by atoms with Gasteiger partial charge in [0, 0.05) is 0 Å². The first-order valence-electron chi connectivity index (χ1n) is 7.18. The molecule has 126 valence electrons. The number of fused-ring (bicyclic) bond motifs is 1. The van der Waals surface area contributed by atoms with Gasteiger partial charge in [0.25, 0.3) is 5.91 Å². The molecular formula is C16H14ClFN2O3S. The Morgan fingerprint density at radius 3 is 2.71 bits per heavy atom. The van der Waals surface area contributed by atoms with Crippen LogP contribution in [0.2, 0.25) is 5.02 Å². The average molecular weight is 369 g/mol. The second-order valence-corrected chi connectivity index (χ2v) is 7.51. The van der Waals surface area contributed by atoms with E-state index in [0.717, 1.165) is 36.1 Å². The van der Waals surface area contributed by atoms with Crippen molar-refractivity contribution in [3.63, 3.8) is 0 Å². The summed E-state index contributed by atoms with van der Waals surface area (Å²) in [6.45, 7) is 0. The van der Waals surface area contributed by atoms with Crippen LogP contribution in [0.3, 0.4) is 0 Å². The monoisotopic (exact) mass is 368 g/mol. The van der Waals surface area contributed by atoms with Crippen molar-refractivity contribution in [3.8, 4) is 0 Å². The number of benzene rings is 2. The highest BCUT2D eigenvalue weighted by atomic mass is 35.5. The van der Waals surface area contributed by atoms with Crippen LogP contribution in [0.1, 0.15) is 33.9 Å². The molecule has 8 heteroatoms. The molecule has 1 atom stereocenters. The molecule has 1 unspecified atom stereocenters. The average Bonchev–Trinajstić information content (AvgIpc) is 2.89. The highest BCUT2D eigenvalue weighted by Gasteiger charge is 2.26. The number of hydrogen-bond acceptors (Lipinski definition) is 3. The first-order chi connectivity index (χ1) is 11.3. The quantitative estimate of drug-likeness (QED) is 0.872. The first kappa shape index (κ1) is 16.9. The Bertz CT molecular complexity index is 931. The molecule has 0 aromatic heterocycles. The van der Waals surface area contributed by atoms with Gasteiger partial charge in [0.2, 0.25) is 10.0 Å². The first-order valence-corrected chi connectivity index (χ1v) is 9.10. The highest BCUT2D eigenvalue weighted by Crippen LogP contribution is 2.31. The summed E-state index contributed by atoms with van der Waals surface area (Å²) < 4.78 is 36.5. The number of rotatable bonds is 3. The van der Waals surface area contributed by atoms with Crippen LogP contribution in [0.25, 0.3) is 0 Å². The zero-order valence-corrected chi connectivity index (χ0v) is 14.0. The number of carbonyl (C=O) groups excluding carboxylic acids is 1. The third kappa shape index (κ3) is 3.15. The number of carbonyl (C=O) groups is 1. The Hall–Kier alpha value is -1.96. The molecular weight excluding hydrogens is 355 g/mol. The van der Waals surface area contributed by atoms with E-state index in [1.807, 2.05) is 24.3 Å². The van der Waals surface area contributed by atoms with Crippen LogP contribution < -0.4 is 10.5 Å². The van der Waals surface area contributed by atoms with Crippen LogP contribution >= 0.6 is 11.6 Å². The maximum Gasteiger partial charge on any atom is 0.253 e. The molecule has 0 bridgehead atoms. The van der Waals surface area contributed by atoms with Crippen LogP contribution in [0.5, 0.6) is 0 Å². The molecule has 0 fully saturated rings. The van der Waals surface area contributed by atoms with Crippen molar-refractivity contribution in [2.24, 2.45) is 5.14 Å². The molecule has 0 heterocycles. The van der Waals surface area contributed by atoms with Gasteiger partial charge in [-0.3, -0.25) is 4.79 Å². The number of hydrogen-bond donors (Lipinski definition) is 2. The van der Waals surface area contributed by atoms with E-state index < -0.39 is 26.6 Å². The second-order valence-electron chi connectivity index (χ2n) is 5.57. The zero-order chi connectivity index (χ0) is 17.5. The van der Waals surface area contributed by atoms with Gasteiger partial charge in [-0.05, 0) is 36.1 Å². The fraction of sp³-hybridized carbons (Fsp3) is 0.188. The Morgan fingerprint density at radius 2 is 2.00 bits per heavy atom. The lowest BCUT2D eigenvalue weighted by Gasteiger charge is -2.15. The van der Waals surface area contributed by atoms with E-state index in [0.29, 0.717) is 0 Å². The van der Waals surface area contributed by atoms with E-state index in [-0.39, 0.29) is 16.6 Å². The second kappa shape index (κ2) is 6.16. The minimum absolute atomic E-state index is 0.133. The van der Waals surface area contributed by atoms with Crippen molar-refractivity contribution in [1.29, 1.82) is 0 Å². The van der Waals surface area contributed by atoms with Crippen LogP contribution in [0.4, 0.5) is 4.39 Å². The van der Waals surface area contributed by atoms with E-state index in [9.17, 15) is 17.6 Å². The van der Waals surface area contributed by atoms with E-state index >= 15 is 0 Å². The van der Waals surface area contributed by atoms with Crippen molar-refractivity contribution < 1.29 is 17.6 Å². The number of amides is 1. The molecule has 3 N–H and O–H groups in total. The van der Waals surface area contributed by atoms with Gasteiger partial charge in [0.05, 0.1) is 16.6 Å². The third-order valence-electron chi connectivity index (χ3n) is 4.01. The third-order valence-corrected chi connectivity index (χ3v) is 5.25. The summed E-state index contributed by atoms with van der Waals surface area (Å²) in [5.41, 5.74) is 2.03. The van der Waals surface area contributed by atoms with Crippen LogP contribution in [0.15, 0.2) is 41.3 Å². The highest BCUT2D eigenvalue weighted by molar-refractivity contribution is 7.89. The van der Waals surface area contributed by atoms with Gasteiger partial charge in [-0.1, -0.05) is 35.9 Å². The summed E-state index contributed by atoms with van der Waals surface area (Å²) >= 11 is 5.90. The predicted octanol–water partition coefficient (Wildman–Crippen LogP) is 2.54. The molecule has 3 rings (SSSR count). The number of sulfonamides is 1. The van der Waals surface area contributed by atoms with Gasteiger partial charge in [-0.15, -0.1) is 0 Å². The number of halogens is 2. The number of aryl methyl sites for hydroxylation is 1. The molecule has 2 aromatic carbocycles. The van der Waals surface area contributed by atoms with E-state index in [2.05, 4.69) is 5.32 Å². The van der Waals surface area contributed by atoms with E-state index in [4.69, 9.17) is 16.7 Å². The number of nitrogens with one attached hydrogen (secondary N) is 1. The molecule has 0 radical (unpaired) electrons. The molecule has 0 spiro atoms. The summed E-state index contributed by atoms with van der Waals surface area (Å²) in [4.78, 5) is 11.7. The van der Waals surface area contributed by atoms with Gasteiger partial charge in [-0.25, -0.2) is 17.9 Å². The topological polar surface area (TPSA) is 89.3 Å². The van der Waals surface area contributed by atoms with Gasteiger partial charge in [0.1, 0.15) is 10.7 Å². The van der Waals surface area contributed by atoms with E-state index in [1.165, 1.54) is 0 Å². The lowest BCUT2D eigenvalue weighted by molar-refractivity contribution is 0.0936. The Labute approximate surface area is 143 Å². The van der Waals surface area contributed by atoms with Crippen molar-refractivity contribution >= 4 is 27.5 Å².